The minimum absolute atomic E-state index is 0.0689. The maximum Gasteiger partial charge on any atom is 0.312 e. The Kier molecular flexibility index (Phi) is 3.97. The normalized spacial score (nSPS) is 12.2. The summed E-state index contributed by atoms with van der Waals surface area (Å²) in [5.74, 6) is 0. The second-order valence-electron chi connectivity index (χ2n) is 3.48. The number of urea groups is 1. The molecule has 15 heavy (non-hydrogen) atoms. The number of primary amides is 1. The minimum atomic E-state index is -0.515. The lowest BCUT2D eigenvalue weighted by atomic mass is 10.0. The lowest BCUT2D eigenvalue weighted by Crippen LogP contribution is -2.32. The fraction of sp³-hybridized carbons (Fsp3) is 0.364. The molecule has 0 bridgehead atoms. The number of benzene rings is 1. The Morgan fingerprint density at radius 3 is 2.73 bits per heavy atom. The van der Waals surface area contributed by atoms with E-state index in [1.165, 1.54) is 0 Å². The van der Waals surface area contributed by atoms with Crippen LogP contribution in [-0.2, 0) is 0 Å². The van der Waals surface area contributed by atoms with Crippen molar-refractivity contribution in [2.24, 2.45) is 5.73 Å². The summed E-state index contributed by atoms with van der Waals surface area (Å²) in [4.78, 5) is 10.8. The van der Waals surface area contributed by atoms with Crippen LogP contribution in [0.2, 0.25) is 5.02 Å². The highest BCUT2D eigenvalue weighted by atomic mass is 35.5. The topological polar surface area (TPSA) is 55.1 Å². The van der Waals surface area contributed by atoms with Crippen molar-refractivity contribution < 1.29 is 4.79 Å². The molecule has 0 aliphatic heterocycles. The first-order valence-electron chi connectivity index (χ1n) is 4.86. The van der Waals surface area contributed by atoms with E-state index in [4.69, 9.17) is 17.3 Å². The van der Waals surface area contributed by atoms with Gasteiger partial charge in [-0.1, -0.05) is 30.7 Å². The molecular formula is C11H15ClN2O. The number of rotatable bonds is 3. The van der Waals surface area contributed by atoms with E-state index in [-0.39, 0.29) is 6.04 Å². The van der Waals surface area contributed by atoms with Gasteiger partial charge in [-0.2, -0.15) is 0 Å². The summed E-state index contributed by atoms with van der Waals surface area (Å²) in [5.41, 5.74) is 7.09. The van der Waals surface area contributed by atoms with Crippen molar-refractivity contribution in [2.45, 2.75) is 26.3 Å². The maximum absolute atomic E-state index is 10.8. The van der Waals surface area contributed by atoms with E-state index in [0.29, 0.717) is 5.02 Å². The van der Waals surface area contributed by atoms with Crippen LogP contribution in [0.5, 0.6) is 0 Å². The van der Waals surface area contributed by atoms with Crippen molar-refractivity contribution in [1.29, 1.82) is 0 Å². The van der Waals surface area contributed by atoms with Gasteiger partial charge in [-0.15, -0.1) is 0 Å². The average molecular weight is 227 g/mol. The standard InChI is InChI=1S/C11H15ClN2O/c1-3-10(14-11(13)15)8-5-4-7(2)9(12)6-8/h4-6,10H,3H2,1-2H3,(H3,13,14,15). The Morgan fingerprint density at radius 2 is 2.27 bits per heavy atom. The molecule has 0 fully saturated rings. The van der Waals surface area contributed by atoms with Crippen LogP contribution in [0.4, 0.5) is 4.79 Å². The number of carbonyl (C=O) groups excluding carboxylic acids is 1. The molecular weight excluding hydrogens is 212 g/mol. The number of hydrogen-bond acceptors (Lipinski definition) is 1. The Hall–Kier alpha value is -1.22. The summed E-state index contributed by atoms with van der Waals surface area (Å²) >= 11 is 6.01. The first-order chi connectivity index (χ1) is 7.04. The van der Waals surface area contributed by atoms with Gasteiger partial charge in [0, 0.05) is 5.02 Å². The van der Waals surface area contributed by atoms with Crippen LogP contribution in [0, 0.1) is 6.92 Å². The average Bonchev–Trinajstić information content (AvgIpc) is 2.18. The Balaban J connectivity index is 2.92. The molecule has 1 rings (SSSR count). The zero-order chi connectivity index (χ0) is 11.4. The molecule has 1 aromatic carbocycles. The summed E-state index contributed by atoms with van der Waals surface area (Å²) in [7, 11) is 0. The molecule has 0 aliphatic carbocycles. The molecule has 3 N–H and O–H groups in total. The van der Waals surface area contributed by atoms with E-state index in [9.17, 15) is 4.79 Å². The van der Waals surface area contributed by atoms with Crippen molar-refractivity contribution in [2.75, 3.05) is 0 Å². The fourth-order valence-corrected chi connectivity index (χ4v) is 1.61. The predicted octanol–water partition coefficient (Wildman–Crippen LogP) is 2.77. The van der Waals surface area contributed by atoms with E-state index >= 15 is 0 Å². The molecule has 4 heteroatoms. The van der Waals surface area contributed by atoms with Gasteiger partial charge in [-0.05, 0) is 30.5 Å². The third-order valence-electron chi connectivity index (χ3n) is 2.32. The predicted molar refractivity (Wildman–Crippen MR) is 61.9 cm³/mol. The number of hydrogen-bond donors (Lipinski definition) is 2. The molecule has 1 aromatic rings. The lowest BCUT2D eigenvalue weighted by molar-refractivity contribution is 0.245. The highest BCUT2D eigenvalue weighted by Crippen LogP contribution is 2.22. The number of halogens is 1. The Labute approximate surface area is 94.6 Å². The summed E-state index contributed by atoms with van der Waals surface area (Å²) in [6.07, 6.45) is 0.780. The highest BCUT2D eigenvalue weighted by molar-refractivity contribution is 6.31. The van der Waals surface area contributed by atoms with Crippen molar-refractivity contribution >= 4 is 17.6 Å². The number of nitrogens with one attached hydrogen (secondary N) is 1. The summed E-state index contributed by atoms with van der Waals surface area (Å²) < 4.78 is 0. The lowest BCUT2D eigenvalue weighted by Gasteiger charge is -2.16. The summed E-state index contributed by atoms with van der Waals surface area (Å²) in [5, 5.41) is 3.38. The highest BCUT2D eigenvalue weighted by Gasteiger charge is 2.11. The van der Waals surface area contributed by atoms with Crippen LogP contribution in [0.1, 0.15) is 30.5 Å². The molecule has 0 saturated heterocycles. The third kappa shape index (κ3) is 3.13. The molecule has 82 valence electrons. The molecule has 3 nitrogen and oxygen atoms in total. The van der Waals surface area contributed by atoms with Crippen LogP contribution >= 0.6 is 11.6 Å². The molecule has 2 amide bonds. The number of amides is 2. The van der Waals surface area contributed by atoms with Gasteiger partial charge in [0.2, 0.25) is 0 Å². The molecule has 1 unspecified atom stereocenters. The van der Waals surface area contributed by atoms with E-state index < -0.39 is 6.03 Å². The van der Waals surface area contributed by atoms with Gasteiger partial charge in [0.1, 0.15) is 0 Å². The Bertz CT molecular complexity index is 366. The van der Waals surface area contributed by atoms with Gasteiger partial charge in [0.05, 0.1) is 6.04 Å². The molecule has 0 radical (unpaired) electrons. The van der Waals surface area contributed by atoms with Gasteiger partial charge >= 0.3 is 6.03 Å². The molecule has 0 spiro atoms. The SMILES string of the molecule is CCC(NC(N)=O)c1ccc(C)c(Cl)c1. The summed E-state index contributed by atoms with van der Waals surface area (Å²) in [6.45, 7) is 3.92. The van der Waals surface area contributed by atoms with Crippen molar-refractivity contribution in [3.63, 3.8) is 0 Å². The molecule has 0 saturated carbocycles. The van der Waals surface area contributed by atoms with Gasteiger partial charge in [0.25, 0.3) is 0 Å². The quantitative estimate of drug-likeness (QED) is 0.818. The van der Waals surface area contributed by atoms with Crippen LogP contribution in [0.3, 0.4) is 0 Å². The number of nitrogens with two attached hydrogens (primary N) is 1. The second kappa shape index (κ2) is 5.03. The first kappa shape index (κ1) is 11.9. The maximum atomic E-state index is 10.8. The van der Waals surface area contributed by atoms with E-state index in [1.807, 2.05) is 32.0 Å². The monoisotopic (exact) mass is 226 g/mol. The molecule has 0 aliphatic rings. The minimum Gasteiger partial charge on any atom is -0.352 e. The second-order valence-corrected chi connectivity index (χ2v) is 3.89. The molecule has 0 aromatic heterocycles. The van der Waals surface area contributed by atoms with Crippen molar-refractivity contribution in [1.82, 2.24) is 5.32 Å². The van der Waals surface area contributed by atoms with Crippen LogP contribution in [0.25, 0.3) is 0 Å². The fourth-order valence-electron chi connectivity index (χ4n) is 1.42. The van der Waals surface area contributed by atoms with Crippen molar-refractivity contribution in [3.05, 3.63) is 34.3 Å². The largest absolute Gasteiger partial charge is 0.352 e. The summed E-state index contributed by atoms with van der Waals surface area (Å²) in [6, 6.07) is 5.16. The van der Waals surface area contributed by atoms with Gasteiger partial charge < -0.3 is 11.1 Å². The van der Waals surface area contributed by atoms with E-state index in [0.717, 1.165) is 17.5 Å². The first-order valence-corrected chi connectivity index (χ1v) is 5.24. The zero-order valence-electron chi connectivity index (χ0n) is 8.88. The number of aryl methyl sites for hydroxylation is 1. The Morgan fingerprint density at radius 1 is 1.60 bits per heavy atom. The van der Waals surface area contributed by atoms with Crippen LogP contribution in [0.15, 0.2) is 18.2 Å². The van der Waals surface area contributed by atoms with Crippen molar-refractivity contribution in [3.8, 4) is 0 Å². The van der Waals surface area contributed by atoms with Gasteiger partial charge in [-0.3, -0.25) is 0 Å². The third-order valence-corrected chi connectivity index (χ3v) is 2.73. The van der Waals surface area contributed by atoms with Gasteiger partial charge in [0.15, 0.2) is 0 Å². The number of carbonyl (C=O) groups is 1. The smallest absolute Gasteiger partial charge is 0.312 e. The van der Waals surface area contributed by atoms with E-state index in [1.54, 1.807) is 0 Å². The van der Waals surface area contributed by atoms with Crippen LogP contribution in [-0.4, -0.2) is 6.03 Å². The van der Waals surface area contributed by atoms with Gasteiger partial charge in [-0.25, -0.2) is 4.79 Å². The van der Waals surface area contributed by atoms with Crippen LogP contribution < -0.4 is 11.1 Å². The molecule has 1 atom stereocenters. The molecule has 0 heterocycles. The zero-order valence-corrected chi connectivity index (χ0v) is 9.64. The van der Waals surface area contributed by atoms with E-state index in [2.05, 4.69) is 5.32 Å².